The van der Waals surface area contributed by atoms with Crippen LogP contribution in [0.15, 0.2) is 46.9 Å². The molecule has 2 heterocycles. The zero-order valence-corrected chi connectivity index (χ0v) is 26.1. The molecule has 0 radical (unpaired) electrons. The third kappa shape index (κ3) is 11.4. The van der Waals surface area contributed by atoms with Crippen LogP contribution in [0, 0.1) is 5.41 Å². The number of carbonyl (C=O) groups is 4. The lowest BCUT2D eigenvalue weighted by molar-refractivity contribution is -0.138. The summed E-state index contributed by atoms with van der Waals surface area (Å²) in [6.45, 7) is 3.92. The Morgan fingerprint density at radius 2 is 1.96 bits per heavy atom. The van der Waals surface area contributed by atoms with Gasteiger partial charge in [0, 0.05) is 33.6 Å². The van der Waals surface area contributed by atoms with Gasteiger partial charge >= 0.3 is 6.09 Å². The number of hydrogen-bond donors (Lipinski definition) is 4. The topological polar surface area (TPSA) is 199 Å². The van der Waals surface area contributed by atoms with E-state index in [0.29, 0.717) is 29.2 Å². The van der Waals surface area contributed by atoms with Crippen LogP contribution in [0.5, 0.6) is 5.75 Å². The summed E-state index contributed by atoms with van der Waals surface area (Å²) in [4.78, 5) is 54.7. The molecule has 45 heavy (non-hydrogen) atoms. The summed E-state index contributed by atoms with van der Waals surface area (Å²) in [6, 6.07) is 9.51. The largest absolute Gasteiger partial charge is 0.494 e. The Bertz CT molecular complexity index is 1430. The number of azide groups is 1. The number of nitrogens with zero attached hydrogens (tertiary/aromatic N) is 4. The van der Waals surface area contributed by atoms with Gasteiger partial charge in [0.2, 0.25) is 17.7 Å². The second-order valence-corrected chi connectivity index (χ2v) is 12.3. The molecule has 1 aliphatic heterocycles. The Hall–Kier alpha value is -4.69. The highest BCUT2D eigenvalue weighted by molar-refractivity contribution is 7.10. The second kappa shape index (κ2) is 15.9. The number of likely N-dealkylation sites (tertiary alicyclic amines) is 1. The minimum absolute atomic E-state index is 0.0131. The quantitative estimate of drug-likeness (QED) is 0.0638. The van der Waals surface area contributed by atoms with E-state index in [0.717, 1.165) is 4.90 Å². The Morgan fingerprint density at radius 3 is 2.64 bits per heavy atom. The Labute approximate surface area is 263 Å². The van der Waals surface area contributed by atoms with E-state index >= 15 is 4.39 Å². The molecule has 4 amide bonds. The molecule has 242 valence electrons. The van der Waals surface area contributed by atoms with Gasteiger partial charge in [-0.2, -0.15) is 0 Å². The van der Waals surface area contributed by atoms with Crippen LogP contribution in [0.4, 0.5) is 9.18 Å². The van der Waals surface area contributed by atoms with E-state index in [4.69, 9.17) is 20.4 Å². The first-order chi connectivity index (χ1) is 21.3. The van der Waals surface area contributed by atoms with E-state index in [1.807, 2.05) is 18.2 Å². The highest BCUT2D eigenvalue weighted by Crippen LogP contribution is 2.32. The van der Waals surface area contributed by atoms with Crippen molar-refractivity contribution in [1.29, 1.82) is 5.41 Å². The van der Waals surface area contributed by atoms with Gasteiger partial charge in [-0.05, 0) is 50.9 Å². The average molecular weight is 645 g/mol. The van der Waals surface area contributed by atoms with Crippen molar-refractivity contribution in [2.24, 2.45) is 5.11 Å². The van der Waals surface area contributed by atoms with Gasteiger partial charge < -0.3 is 25.0 Å². The third-order valence-corrected chi connectivity index (χ3v) is 7.37. The van der Waals surface area contributed by atoms with Crippen LogP contribution < -0.4 is 20.7 Å². The van der Waals surface area contributed by atoms with Crippen LogP contribution >= 0.6 is 11.3 Å². The first-order valence-corrected chi connectivity index (χ1v) is 15.0. The SMILES string of the molecule is CC(C)(C)OC(=O)NC(=N)c1csc(CNC(=O)[C@@H]2C[C@](F)(CN=[N+]=[N-])CN2C(=O)CNC(=O)CCCOc2ccccc2)c1. The summed E-state index contributed by atoms with van der Waals surface area (Å²) >= 11 is 1.22. The lowest BCUT2D eigenvalue weighted by atomic mass is 10.0. The van der Waals surface area contributed by atoms with Gasteiger partial charge in [0.1, 0.15) is 28.9 Å². The zero-order valence-electron chi connectivity index (χ0n) is 25.3. The Kier molecular flexibility index (Phi) is 12.3. The predicted octanol–water partition coefficient (Wildman–Crippen LogP) is 3.81. The van der Waals surface area contributed by atoms with Crippen molar-refractivity contribution in [1.82, 2.24) is 20.9 Å². The first-order valence-electron chi connectivity index (χ1n) is 14.2. The highest BCUT2D eigenvalue weighted by Gasteiger charge is 2.48. The first kappa shape index (κ1) is 34.8. The van der Waals surface area contributed by atoms with Crippen molar-refractivity contribution in [3.05, 3.63) is 62.7 Å². The van der Waals surface area contributed by atoms with E-state index in [1.165, 1.54) is 11.3 Å². The molecule has 16 heteroatoms. The zero-order chi connectivity index (χ0) is 33.0. The fraction of sp³-hybridized carbons (Fsp3) is 0.483. The normalized spacial score (nSPS) is 17.5. The van der Waals surface area contributed by atoms with Crippen LogP contribution in [0.2, 0.25) is 0 Å². The lowest BCUT2D eigenvalue weighted by Gasteiger charge is -2.24. The molecule has 4 N–H and O–H groups in total. The number of benzene rings is 1. The lowest BCUT2D eigenvalue weighted by Crippen LogP contribution is -2.49. The van der Waals surface area contributed by atoms with Crippen molar-refractivity contribution in [3.8, 4) is 5.75 Å². The number of amides is 4. The maximum Gasteiger partial charge on any atom is 0.413 e. The Balaban J connectivity index is 1.53. The van der Waals surface area contributed by atoms with E-state index in [9.17, 15) is 19.2 Å². The molecule has 2 atom stereocenters. The summed E-state index contributed by atoms with van der Waals surface area (Å²) in [7, 11) is 0. The molecule has 1 saturated heterocycles. The molecule has 1 aromatic heterocycles. The number of alkyl halides is 1. The molecule has 1 aromatic carbocycles. The van der Waals surface area contributed by atoms with Crippen molar-refractivity contribution in [2.75, 3.05) is 26.2 Å². The van der Waals surface area contributed by atoms with E-state index in [-0.39, 0.29) is 18.8 Å². The van der Waals surface area contributed by atoms with E-state index in [2.05, 4.69) is 26.0 Å². The third-order valence-electron chi connectivity index (χ3n) is 6.43. The fourth-order valence-electron chi connectivity index (χ4n) is 4.38. The number of nitrogens with one attached hydrogen (secondary N) is 4. The van der Waals surface area contributed by atoms with Crippen molar-refractivity contribution in [2.45, 2.75) is 63.9 Å². The molecular formula is C29H37FN8O6S. The fourth-order valence-corrected chi connectivity index (χ4v) is 5.20. The van der Waals surface area contributed by atoms with Crippen LogP contribution in [-0.4, -0.2) is 78.1 Å². The number of ether oxygens (including phenoxy) is 2. The number of alkyl carbamates (subject to hydrolysis) is 1. The maximum atomic E-state index is 15.5. The van der Waals surface area contributed by atoms with Gasteiger partial charge in [-0.25, -0.2) is 9.18 Å². The van der Waals surface area contributed by atoms with E-state index in [1.54, 1.807) is 44.4 Å². The van der Waals surface area contributed by atoms with Crippen LogP contribution in [0.25, 0.3) is 10.4 Å². The van der Waals surface area contributed by atoms with Gasteiger partial charge in [-0.3, -0.25) is 25.1 Å². The van der Waals surface area contributed by atoms with Gasteiger partial charge in [-0.1, -0.05) is 23.3 Å². The van der Waals surface area contributed by atoms with Crippen molar-refractivity contribution >= 4 is 41.0 Å². The molecule has 0 saturated carbocycles. The standard InChI is InChI=1S/C29H37FN8O6S/c1-28(2,3)44-27(42)36-25(31)19-12-21(45-16-19)14-34-26(41)22-13-29(30,17-35-37-32)18-38(22)24(40)15-33-23(39)10-7-11-43-20-8-5-4-6-9-20/h4-6,8-9,12,16,22H,7,10-11,13-15,17-18H2,1-3H3,(H,33,39)(H,34,41)(H2,31,36,42)/t22-,29-/m0/s1. The number of thiophene rings is 1. The monoisotopic (exact) mass is 644 g/mol. The summed E-state index contributed by atoms with van der Waals surface area (Å²) in [5.41, 5.74) is 6.21. The molecule has 0 spiro atoms. The number of hydrogen-bond acceptors (Lipinski definition) is 9. The molecule has 1 fully saturated rings. The average Bonchev–Trinajstić information content (AvgIpc) is 3.60. The maximum absolute atomic E-state index is 15.5. The molecular weight excluding hydrogens is 607 g/mol. The highest BCUT2D eigenvalue weighted by atomic mass is 32.1. The number of rotatable bonds is 13. The minimum Gasteiger partial charge on any atom is -0.494 e. The van der Waals surface area contributed by atoms with Crippen LogP contribution in [-0.2, 0) is 25.7 Å². The summed E-state index contributed by atoms with van der Waals surface area (Å²) in [5.74, 6) is -1.21. The minimum atomic E-state index is -2.12. The number of para-hydroxylation sites is 1. The number of halogens is 1. The molecule has 0 aliphatic carbocycles. The summed E-state index contributed by atoms with van der Waals surface area (Å²) in [6.07, 6.45) is -0.663. The Morgan fingerprint density at radius 1 is 1.22 bits per heavy atom. The van der Waals surface area contributed by atoms with Crippen molar-refractivity contribution < 1.29 is 33.0 Å². The van der Waals surface area contributed by atoms with Crippen LogP contribution in [0.1, 0.15) is 50.5 Å². The molecule has 1 aliphatic rings. The van der Waals surface area contributed by atoms with Gasteiger partial charge in [0.25, 0.3) is 0 Å². The molecule has 0 bridgehead atoms. The van der Waals surface area contributed by atoms with Gasteiger partial charge in [-0.15, -0.1) is 11.3 Å². The summed E-state index contributed by atoms with van der Waals surface area (Å²) in [5, 5.41) is 20.6. The van der Waals surface area contributed by atoms with Gasteiger partial charge in [0.05, 0.1) is 32.8 Å². The number of carbonyl (C=O) groups excluding carboxylic acids is 4. The molecule has 3 rings (SSSR count). The van der Waals surface area contributed by atoms with Crippen molar-refractivity contribution in [3.63, 3.8) is 0 Å². The second-order valence-electron chi connectivity index (χ2n) is 11.3. The van der Waals surface area contributed by atoms with Gasteiger partial charge in [0.15, 0.2) is 0 Å². The molecule has 2 aromatic rings. The van der Waals surface area contributed by atoms with Crippen LogP contribution in [0.3, 0.4) is 0 Å². The molecule has 0 unspecified atom stereocenters. The smallest absolute Gasteiger partial charge is 0.413 e. The predicted molar refractivity (Wildman–Crippen MR) is 165 cm³/mol. The number of amidine groups is 1. The molecule has 14 nitrogen and oxygen atoms in total. The van der Waals surface area contributed by atoms with E-state index < -0.39 is 67.2 Å². The summed E-state index contributed by atoms with van der Waals surface area (Å²) < 4.78 is 26.2.